The molecule has 0 saturated carbocycles. The van der Waals surface area contributed by atoms with Gasteiger partial charge in [-0.25, -0.2) is 0 Å². The van der Waals surface area contributed by atoms with Gasteiger partial charge in [0.1, 0.15) is 12.0 Å². The molecular weight excluding hydrogens is 358 g/mol. The highest BCUT2D eigenvalue weighted by atomic mass is 32.1. The van der Waals surface area contributed by atoms with Gasteiger partial charge in [0.15, 0.2) is 6.61 Å². The number of nitrogens with two attached hydrogens (primary N) is 1. The van der Waals surface area contributed by atoms with Crippen molar-refractivity contribution in [2.24, 2.45) is 5.73 Å². The summed E-state index contributed by atoms with van der Waals surface area (Å²) < 4.78 is 10.7. The van der Waals surface area contributed by atoms with Crippen molar-refractivity contribution in [3.05, 3.63) is 51.7 Å². The highest BCUT2D eigenvalue weighted by Gasteiger charge is 2.13. The molecule has 1 aromatic heterocycles. The Kier molecular flexibility index (Phi) is 9.53. The van der Waals surface area contributed by atoms with Crippen LogP contribution < -0.4 is 10.5 Å². The van der Waals surface area contributed by atoms with E-state index in [4.69, 9.17) is 15.2 Å². The smallest absolute Gasteiger partial charge is 0.210 e. The molecule has 0 bridgehead atoms. The van der Waals surface area contributed by atoms with Crippen molar-refractivity contribution in [3.8, 4) is 5.75 Å². The standard InChI is InChI=1S/C22H31NO3S/c1-3-4-5-6-7-8-9-17-10-12-19(13-11-17)26-15-20(24)21-14-18(16-27-21)22(23)25-2/h10-14,16,22H,3-9,15,23H2,1-2H3. The van der Waals surface area contributed by atoms with Crippen LogP contribution in [-0.2, 0) is 11.2 Å². The number of unbranched alkanes of at least 4 members (excludes halogenated alkanes) is 5. The van der Waals surface area contributed by atoms with Crippen LogP contribution >= 0.6 is 11.3 Å². The fourth-order valence-corrected chi connectivity index (χ4v) is 3.72. The Labute approximate surface area is 166 Å². The average molecular weight is 390 g/mol. The Bertz CT molecular complexity index is 681. The first-order chi connectivity index (χ1) is 13.1. The van der Waals surface area contributed by atoms with Crippen LogP contribution in [0.15, 0.2) is 35.7 Å². The van der Waals surface area contributed by atoms with Crippen LogP contribution in [0.25, 0.3) is 0 Å². The minimum Gasteiger partial charge on any atom is -0.485 e. The van der Waals surface area contributed by atoms with Gasteiger partial charge in [-0.3, -0.25) is 4.79 Å². The lowest BCUT2D eigenvalue weighted by atomic mass is 10.0. The lowest BCUT2D eigenvalue weighted by molar-refractivity contribution is 0.0924. The van der Waals surface area contributed by atoms with Crippen molar-refractivity contribution < 1.29 is 14.3 Å². The summed E-state index contributed by atoms with van der Waals surface area (Å²) >= 11 is 1.37. The van der Waals surface area contributed by atoms with Crippen LogP contribution in [0.3, 0.4) is 0 Å². The summed E-state index contributed by atoms with van der Waals surface area (Å²) in [5.41, 5.74) is 7.92. The Morgan fingerprint density at radius 3 is 2.52 bits per heavy atom. The third kappa shape index (κ3) is 7.45. The molecule has 0 aliphatic heterocycles. The molecule has 0 amide bonds. The molecule has 2 rings (SSSR count). The number of thiophene rings is 1. The van der Waals surface area contributed by atoms with E-state index in [9.17, 15) is 4.79 Å². The van der Waals surface area contributed by atoms with Crippen molar-refractivity contribution >= 4 is 17.1 Å². The Morgan fingerprint density at radius 2 is 1.81 bits per heavy atom. The normalized spacial score (nSPS) is 12.1. The van der Waals surface area contributed by atoms with Crippen LogP contribution in [0.2, 0.25) is 0 Å². The summed E-state index contributed by atoms with van der Waals surface area (Å²) in [6.07, 6.45) is 8.44. The number of rotatable bonds is 13. The van der Waals surface area contributed by atoms with E-state index in [0.29, 0.717) is 4.88 Å². The van der Waals surface area contributed by atoms with E-state index in [1.54, 1.807) is 13.2 Å². The molecule has 0 saturated heterocycles. The molecule has 1 atom stereocenters. The molecule has 148 valence electrons. The van der Waals surface area contributed by atoms with Crippen molar-refractivity contribution in [1.29, 1.82) is 0 Å². The van der Waals surface area contributed by atoms with Gasteiger partial charge in [-0.1, -0.05) is 51.2 Å². The molecule has 0 radical (unpaired) electrons. The van der Waals surface area contributed by atoms with E-state index in [1.165, 1.54) is 55.4 Å². The Hall–Kier alpha value is -1.69. The molecule has 0 fully saturated rings. The monoisotopic (exact) mass is 389 g/mol. The zero-order chi connectivity index (χ0) is 19.5. The second kappa shape index (κ2) is 11.9. The van der Waals surface area contributed by atoms with Crippen LogP contribution in [0.5, 0.6) is 5.75 Å². The quantitative estimate of drug-likeness (QED) is 0.278. The molecule has 27 heavy (non-hydrogen) atoms. The highest BCUT2D eigenvalue weighted by Crippen LogP contribution is 2.21. The molecule has 1 heterocycles. The predicted octanol–water partition coefficient (Wildman–Crippen LogP) is 5.52. The van der Waals surface area contributed by atoms with Gasteiger partial charge in [0.2, 0.25) is 5.78 Å². The fraction of sp³-hybridized carbons (Fsp3) is 0.500. The van der Waals surface area contributed by atoms with E-state index in [-0.39, 0.29) is 12.4 Å². The molecule has 4 nitrogen and oxygen atoms in total. The summed E-state index contributed by atoms with van der Waals surface area (Å²) in [5.74, 6) is 0.672. The molecule has 0 spiro atoms. The summed E-state index contributed by atoms with van der Waals surface area (Å²) in [6, 6.07) is 9.84. The molecular formula is C22H31NO3S. The van der Waals surface area contributed by atoms with Gasteiger partial charge in [0.25, 0.3) is 0 Å². The van der Waals surface area contributed by atoms with Gasteiger partial charge in [-0.15, -0.1) is 11.3 Å². The largest absolute Gasteiger partial charge is 0.485 e. The summed E-state index contributed by atoms with van der Waals surface area (Å²) in [7, 11) is 1.54. The Morgan fingerprint density at radius 1 is 1.11 bits per heavy atom. The van der Waals surface area contributed by atoms with Gasteiger partial charge in [0.05, 0.1) is 4.88 Å². The molecule has 0 aliphatic carbocycles. The first-order valence-electron chi connectivity index (χ1n) is 9.75. The van der Waals surface area contributed by atoms with Crippen LogP contribution in [-0.4, -0.2) is 19.5 Å². The van der Waals surface area contributed by atoms with E-state index in [1.807, 2.05) is 17.5 Å². The number of methoxy groups -OCH3 is 1. The van der Waals surface area contributed by atoms with Gasteiger partial charge < -0.3 is 15.2 Å². The third-order valence-corrected chi connectivity index (χ3v) is 5.58. The maximum Gasteiger partial charge on any atom is 0.210 e. The zero-order valence-corrected chi connectivity index (χ0v) is 17.2. The van der Waals surface area contributed by atoms with Crippen molar-refractivity contribution in [2.45, 2.75) is 58.1 Å². The van der Waals surface area contributed by atoms with Gasteiger partial charge in [-0.2, -0.15) is 0 Å². The van der Waals surface area contributed by atoms with E-state index < -0.39 is 6.23 Å². The SMILES string of the molecule is CCCCCCCCc1ccc(OCC(=O)c2cc(C(N)OC)cs2)cc1. The topological polar surface area (TPSA) is 61.5 Å². The van der Waals surface area contributed by atoms with E-state index in [2.05, 4.69) is 19.1 Å². The first kappa shape index (κ1) is 21.6. The molecule has 2 N–H and O–H groups in total. The molecule has 2 aromatic rings. The average Bonchev–Trinajstić information content (AvgIpc) is 3.19. The number of ether oxygens (including phenoxy) is 2. The number of benzene rings is 1. The lowest BCUT2D eigenvalue weighted by Gasteiger charge is -2.07. The van der Waals surface area contributed by atoms with Crippen molar-refractivity contribution in [3.63, 3.8) is 0 Å². The van der Waals surface area contributed by atoms with Crippen LogP contribution in [0, 0.1) is 0 Å². The second-order valence-electron chi connectivity index (χ2n) is 6.77. The van der Waals surface area contributed by atoms with Gasteiger partial charge in [-0.05, 0) is 42.0 Å². The maximum atomic E-state index is 12.3. The zero-order valence-electron chi connectivity index (χ0n) is 16.4. The number of carbonyl (C=O) groups is 1. The highest BCUT2D eigenvalue weighted by molar-refractivity contribution is 7.12. The summed E-state index contributed by atoms with van der Waals surface area (Å²) in [4.78, 5) is 12.9. The number of carbonyl (C=O) groups excluding carboxylic acids is 1. The minimum absolute atomic E-state index is 0.0267. The van der Waals surface area contributed by atoms with E-state index in [0.717, 1.165) is 17.7 Å². The van der Waals surface area contributed by atoms with Crippen LogP contribution in [0.1, 0.15) is 72.5 Å². The number of hydrogen-bond acceptors (Lipinski definition) is 5. The summed E-state index contributed by atoms with van der Waals surface area (Å²) in [5, 5.41) is 1.85. The van der Waals surface area contributed by atoms with Crippen LogP contribution in [0.4, 0.5) is 0 Å². The summed E-state index contributed by atoms with van der Waals surface area (Å²) in [6.45, 7) is 2.27. The first-order valence-corrected chi connectivity index (χ1v) is 10.6. The second-order valence-corrected chi connectivity index (χ2v) is 7.69. The van der Waals surface area contributed by atoms with Crippen molar-refractivity contribution in [1.82, 2.24) is 0 Å². The third-order valence-electron chi connectivity index (χ3n) is 4.59. The predicted molar refractivity (Wildman–Crippen MR) is 112 cm³/mol. The Balaban J connectivity index is 1.73. The van der Waals surface area contributed by atoms with E-state index >= 15 is 0 Å². The molecule has 1 unspecified atom stereocenters. The lowest BCUT2D eigenvalue weighted by Crippen LogP contribution is -2.12. The van der Waals surface area contributed by atoms with Crippen molar-refractivity contribution in [2.75, 3.05) is 13.7 Å². The molecule has 0 aliphatic rings. The fourth-order valence-electron chi connectivity index (χ4n) is 2.86. The van der Waals surface area contributed by atoms with Gasteiger partial charge >= 0.3 is 0 Å². The van der Waals surface area contributed by atoms with Gasteiger partial charge in [0, 0.05) is 12.7 Å². The molecule has 1 aromatic carbocycles. The molecule has 5 heteroatoms. The number of hydrogen-bond donors (Lipinski definition) is 1. The number of ketones is 1. The number of aryl methyl sites for hydroxylation is 1. The maximum absolute atomic E-state index is 12.3. The minimum atomic E-state index is -0.497. The number of Topliss-reactive ketones (excluding diaryl/α,β-unsaturated/α-hetero) is 1.